The molecule has 2 amide bonds. The third kappa shape index (κ3) is 4.60. The number of fused-ring (bicyclic) bond motifs is 1. The predicted molar refractivity (Wildman–Crippen MR) is 149 cm³/mol. The summed E-state index contributed by atoms with van der Waals surface area (Å²) in [5, 5.41) is 6.64. The number of aromatic nitrogens is 1. The highest BCUT2D eigenvalue weighted by molar-refractivity contribution is 6.05. The molecule has 3 aliphatic heterocycles. The number of hydrogen-bond donors (Lipinski definition) is 3. The lowest BCUT2D eigenvalue weighted by Crippen LogP contribution is -2.62. The number of allylic oxidation sites excluding steroid dienone is 2. The Balaban J connectivity index is 1.25. The number of rotatable bonds is 4. The molecule has 6 rings (SSSR count). The van der Waals surface area contributed by atoms with Gasteiger partial charge in [-0.15, -0.1) is 0 Å². The smallest absolute Gasteiger partial charge is 0.298 e. The first-order valence-corrected chi connectivity index (χ1v) is 13.6. The fraction of sp³-hybridized carbons (Fsp3) is 0.400. The van der Waals surface area contributed by atoms with Gasteiger partial charge in [0.05, 0.1) is 6.04 Å². The topological polar surface area (TPSA) is 116 Å². The number of nitrogens with one attached hydrogen (secondary N) is 2. The molecule has 4 heterocycles. The van der Waals surface area contributed by atoms with E-state index in [0.717, 1.165) is 37.1 Å². The Bertz CT molecular complexity index is 1410. The zero-order valence-electron chi connectivity index (χ0n) is 22.2. The minimum Gasteiger partial charge on any atom is -0.382 e. The molecule has 1 aromatic heterocycles. The van der Waals surface area contributed by atoms with Gasteiger partial charge in [-0.25, -0.2) is 9.98 Å². The molecule has 1 saturated carbocycles. The van der Waals surface area contributed by atoms with Gasteiger partial charge < -0.3 is 26.2 Å². The van der Waals surface area contributed by atoms with Crippen molar-refractivity contribution in [2.75, 3.05) is 11.9 Å². The number of carbonyl (C=O) groups is 2. The lowest BCUT2D eigenvalue weighted by Gasteiger charge is -2.44. The van der Waals surface area contributed by atoms with Crippen molar-refractivity contribution < 1.29 is 9.59 Å². The Kier molecular flexibility index (Phi) is 6.26. The molecule has 1 saturated heterocycles. The van der Waals surface area contributed by atoms with Crippen molar-refractivity contribution in [1.82, 2.24) is 20.1 Å². The molecular weight excluding hydrogens is 490 g/mol. The van der Waals surface area contributed by atoms with Crippen LogP contribution < -0.4 is 16.4 Å². The molecule has 4 N–H and O–H groups in total. The second kappa shape index (κ2) is 9.77. The third-order valence-corrected chi connectivity index (χ3v) is 8.17. The Hall–Kier alpha value is -4.32. The molecule has 0 bridgehead atoms. The number of amides is 2. The predicted octanol–water partition coefficient (Wildman–Crippen LogP) is 2.85. The van der Waals surface area contributed by atoms with Gasteiger partial charge in [-0.3, -0.25) is 9.59 Å². The zero-order chi connectivity index (χ0) is 27.1. The van der Waals surface area contributed by atoms with Crippen LogP contribution in [-0.2, 0) is 9.59 Å². The Morgan fingerprint density at radius 3 is 2.85 bits per heavy atom. The second-order valence-electron chi connectivity index (χ2n) is 11.0. The van der Waals surface area contributed by atoms with Crippen molar-refractivity contribution >= 4 is 23.5 Å². The van der Waals surface area contributed by atoms with Crippen molar-refractivity contribution in [2.45, 2.75) is 51.2 Å². The fourth-order valence-corrected chi connectivity index (χ4v) is 5.99. The van der Waals surface area contributed by atoms with Crippen molar-refractivity contribution in [2.24, 2.45) is 28.5 Å². The van der Waals surface area contributed by atoms with Crippen LogP contribution in [-0.4, -0.2) is 50.7 Å². The summed E-state index contributed by atoms with van der Waals surface area (Å²) in [6.07, 6.45) is 15.1. The van der Waals surface area contributed by atoms with E-state index in [1.54, 1.807) is 24.5 Å². The summed E-state index contributed by atoms with van der Waals surface area (Å²) in [6.45, 7) is 4.89. The van der Waals surface area contributed by atoms with Crippen LogP contribution in [0.1, 0.15) is 39.5 Å². The van der Waals surface area contributed by atoms with Gasteiger partial charge >= 0.3 is 0 Å². The van der Waals surface area contributed by atoms with Crippen molar-refractivity contribution in [1.29, 1.82) is 0 Å². The van der Waals surface area contributed by atoms with E-state index in [1.807, 2.05) is 35.4 Å². The summed E-state index contributed by atoms with van der Waals surface area (Å²) in [5.74, 6) is 6.97. The summed E-state index contributed by atoms with van der Waals surface area (Å²) < 4.78 is 0. The van der Waals surface area contributed by atoms with E-state index >= 15 is 0 Å². The number of aliphatic imine (C=N–C) groups is 1. The van der Waals surface area contributed by atoms with Gasteiger partial charge in [0.15, 0.2) is 0 Å². The number of nitrogens with zero attached hydrogens (tertiary/aromatic N) is 4. The minimum atomic E-state index is -0.622. The first-order valence-electron chi connectivity index (χ1n) is 13.6. The second-order valence-corrected chi connectivity index (χ2v) is 11.0. The molecule has 9 heteroatoms. The molecule has 0 radical (unpaired) electrons. The van der Waals surface area contributed by atoms with Crippen LogP contribution in [0.5, 0.6) is 0 Å². The first kappa shape index (κ1) is 25.0. The normalized spacial score (nSPS) is 29.2. The maximum Gasteiger partial charge on any atom is 0.298 e. The SMILES string of the molecule is CC1C=C(C(=O)Nc2ccccn2)C=CC1C1=C2C(N)=NC=CN2C(C)([C@@H]2CCCN2C(=O)C#CC2CC2)N1. The van der Waals surface area contributed by atoms with E-state index in [-0.39, 0.29) is 29.7 Å². The number of pyridine rings is 1. The van der Waals surface area contributed by atoms with E-state index in [1.165, 1.54) is 0 Å². The summed E-state index contributed by atoms with van der Waals surface area (Å²) in [6, 6.07) is 5.30. The maximum atomic E-state index is 13.1. The number of hydrogen-bond acceptors (Lipinski definition) is 7. The van der Waals surface area contributed by atoms with E-state index in [2.05, 4.69) is 51.2 Å². The largest absolute Gasteiger partial charge is 0.382 e. The Labute approximate surface area is 228 Å². The van der Waals surface area contributed by atoms with Crippen LogP contribution in [0.3, 0.4) is 0 Å². The van der Waals surface area contributed by atoms with E-state index < -0.39 is 5.66 Å². The van der Waals surface area contributed by atoms with Gasteiger partial charge in [0, 0.05) is 48.2 Å². The molecule has 5 aliphatic rings. The van der Waals surface area contributed by atoms with Crippen molar-refractivity contribution in [3.63, 3.8) is 0 Å². The number of anilines is 1. The molecule has 0 spiro atoms. The van der Waals surface area contributed by atoms with Crippen LogP contribution in [0.2, 0.25) is 0 Å². The van der Waals surface area contributed by atoms with Gasteiger partial charge in [-0.2, -0.15) is 0 Å². The quantitative estimate of drug-likeness (QED) is 0.523. The minimum absolute atomic E-state index is 0.00288. The van der Waals surface area contributed by atoms with Crippen LogP contribution in [0, 0.1) is 29.6 Å². The highest BCUT2D eigenvalue weighted by atomic mass is 16.2. The van der Waals surface area contributed by atoms with Gasteiger partial charge in [-0.1, -0.05) is 37.1 Å². The average molecular weight is 524 g/mol. The van der Waals surface area contributed by atoms with Crippen LogP contribution in [0.15, 0.2) is 77.0 Å². The van der Waals surface area contributed by atoms with E-state index in [0.29, 0.717) is 29.7 Å². The lowest BCUT2D eigenvalue weighted by atomic mass is 9.83. The highest BCUT2D eigenvalue weighted by Crippen LogP contribution is 2.43. The highest BCUT2D eigenvalue weighted by Gasteiger charge is 2.53. The Morgan fingerprint density at radius 1 is 1.26 bits per heavy atom. The number of amidine groups is 1. The molecular formula is C30H33N7O2. The molecule has 2 fully saturated rings. The molecule has 1 aromatic rings. The summed E-state index contributed by atoms with van der Waals surface area (Å²) in [5.41, 5.74) is 8.19. The Morgan fingerprint density at radius 2 is 2.10 bits per heavy atom. The van der Waals surface area contributed by atoms with Crippen molar-refractivity contribution in [3.05, 3.63) is 72.0 Å². The lowest BCUT2D eigenvalue weighted by molar-refractivity contribution is -0.128. The first-order chi connectivity index (χ1) is 18.8. The van der Waals surface area contributed by atoms with E-state index in [9.17, 15) is 9.59 Å². The number of nitrogens with two attached hydrogens (primary N) is 1. The van der Waals surface area contributed by atoms with Gasteiger partial charge in [0.1, 0.15) is 23.0 Å². The van der Waals surface area contributed by atoms with Crippen LogP contribution >= 0.6 is 0 Å². The van der Waals surface area contributed by atoms with Gasteiger partial charge in [-0.05, 0) is 56.6 Å². The molecule has 39 heavy (non-hydrogen) atoms. The summed E-state index contributed by atoms with van der Waals surface area (Å²) in [4.78, 5) is 38.7. The molecule has 200 valence electrons. The average Bonchev–Trinajstić information content (AvgIpc) is 3.53. The summed E-state index contributed by atoms with van der Waals surface area (Å²) in [7, 11) is 0. The van der Waals surface area contributed by atoms with Gasteiger partial charge in [0.25, 0.3) is 11.8 Å². The molecule has 2 aliphatic carbocycles. The molecule has 3 unspecified atom stereocenters. The molecule has 4 atom stereocenters. The number of likely N-dealkylation sites (tertiary alicyclic amines) is 1. The van der Waals surface area contributed by atoms with Gasteiger partial charge in [0.2, 0.25) is 0 Å². The fourth-order valence-electron chi connectivity index (χ4n) is 5.99. The zero-order valence-corrected chi connectivity index (χ0v) is 22.2. The standard InChI is InChI=1S/C30H33N7O2/c1-19-18-21(29(39)34-24-7-3-4-14-32-24)11-12-22(19)26-27-28(31)33-15-17-37(27)30(2,35-26)23-6-5-16-36(23)25(38)13-10-20-8-9-20/h3-4,7,11-12,14-15,17-20,22-23,35H,5-6,8-9,16H2,1-2H3,(H2,31,33)(H,32,34,39)/t19?,22?,23-,30?/m0/s1. The van der Waals surface area contributed by atoms with Crippen molar-refractivity contribution in [3.8, 4) is 11.8 Å². The number of carbonyl (C=O) groups excluding carboxylic acids is 2. The van der Waals surface area contributed by atoms with Crippen LogP contribution in [0.4, 0.5) is 5.82 Å². The molecule has 9 nitrogen and oxygen atoms in total. The maximum absolute atomic E-state index is 13.1. The van der Waals surface area contributed by atoms with Crippen LogP contribution in [0.25, 0.3) is 0 Å². The summed E-state index contributed by atoms with van der Waals surface area (Å²) >= 11 is 0. The third-order valence-electron chi connectivity index (χ3n) is 8.17. The molecule has 0 aromatic carbocycles. The van der Waals surface area contributed by atoms with E-state index in [4.69, 9.17) is 5.73 Å². The monoisotopic (exact) mass is 523 g/mol.